The van der Waals surface area contributed by atoms with Gasteiger partial charge in [-0.05, 0) is 107 Å². The number of nitrogens with zero attached hydrogens (tertiary/aromatic N) is 2. The lowest BCUT2D eigenvalue weighted by Crippen LogP contribution is -2.10. The minimum absolute atomic E-state index is 1.13. The number of thiophene rings is 2. The number of fused-ring (bicyclic) bond motifs is 9. The first-order valence-electron chi connectivity index (χ1n) is 19.7. The van der Waals surface area contributed by atoms with Crippen LogP contribution < -0.4 is 4.90 Å². The minimum Gasteiger partial charge on any atom is -0.309 e. The van der Waals surface area contributed by atoms with Gasteiger partial charge in [-0.25, -0.2) is 0 Å². The Morgan fingerprint density at radius 1 is 0.328 bits per heavy atom. The smallest absolute Gasteiger partial charge is 0.0646 e. The van der Waals surface area contributed by atoms with Gasteiger partial charge in [0.2, 0.25) is 0 Å². The molecule has 0 fully saturated rings. The Morgan fingerprint density at radius 2 is 0.914 bits per heavy atom. The number of anilines is 3. The molecule has 0 unspecified atom stereocenters. The molecule has 0 aliphatic carbocycles. The van der Waals surface area contributed by atoms with Gasteiger partial charge in [-0.1, -0.05) is 121 Å². The monoisotopic (exact) mass is 774 g/mol. The zero-order chi connectivity index (χ0) is 38.2. The molecule has 3 heterocycles. The average Bonchev–Trinajstić information content (AvgIpc) is 3.97. The topological polar surface area (TPSA) is 8.17 Å². The highest BCUT2D eigenvalue weighted by Gasteiger charge is 2.22. The van der Waals surface area contributed by atoms with Gasteiger partial charge in [0.15, 0.2) is 0 Å². The van der Waals surface area contributed by atoms with Crippen molar-refractivity contribution in [3.05, 3.63) is 206 Å². The van der Waals surface area contributed by atoms with E-state index >= 15 is 0 Å². The van der Waals surface area contributed by atoms with Crippen LogP contribution in [0, 0.1) is 0 Å². The molecule has 9 aromatic carbocycles. The van der Waals surface area contributed by atoms with Crippen molar-refractivity contribution in [3.63, 3.8) is 0 Å². The lowest BCUT2D eigenvalue weighted by atomic mass is 9.99. The first-order valence-corrected chi connectivity index (χ1v) is 21.3. The van der Waals surface area contributed by atoms with E-state index in [1.54, 1.807) is 0 Å². The van der Waals surface area contributed by atoms with Crippen molar-refractivity contribution in [3.8, 4) is 27.9 Å². The van der Waals surface area contributed by atoms with E-state index < -0.39 is 0 Å². The van der Waals surface area contributed by atoms with Crippen LogP contribution in [-0.4, -0.2) is 4.57 Å². The Labute approximate surface area is 343 Å². The molecule has 0 atom stereocenters. The maximum atomic E-state index is 2.47. The molecule has 0 amide bonds. The van der Waals surface area contributed by atoms with Gasteiger partial charge in [-0.3, -0.25) is 0 Å². The molecular formula is C54H34N2S2. The van der Waals surface area contributed by atoms with Crippen molar-refractivity contribution in [2.45, 2.75) is 0 Å². The summed E-state index contributed by atoms with van der Waals surface area (Å²) in [6.45, 7) is 0. The third kappa shape index (κ3) is 5.30. The van der Waals surface area contributed by atoms with E-state index in [0.29, 0.717) is 0 Å². The van der Waals surface area contributed by atoms with E-state index in [1.165, 1.54) is 90.1 Å². The molecule has 2 nitrogen and oxygen atoms in total. The van der Waals surface area contributed by atoms with Crippen molar-refractivity contribution >= 4 is 102 Å². The van der Waals surface area contributed by atoms with Crippen molar-refractivity contribution in [2.75, 3.05) is 4.90 Å². The molecule has 272 valence electrons. The molecule has 3 aromatic heterocycles. The second-order valence-electron chi connectivity index (χ2n) is 14.9. The van der Waals surface area contributed by atoms with Gasteiger partial charge in [0.1, 0.15) is 0 Å². The number of aromatic nitrogens is 1. The SMILES string of the molecule is c1ccc(-c2ccc(-n3c4ccccc4c4cc(-c5cc(N(c6ccccc6)c6ccc7sc8ccccc8c7c6)c6sc7ccccc7c6c5)ccc43)cc2)cc1. The molecule has 0 saturated heterocycles. The quantitative estimate of drug-likeness (QED) is 0.163. The first-order chi connectivity index (χ1) is 28.7. The maximum absolute atomic E-state index is 2.47. The summed E-state index contributed by atoms with van der Waals surface area (Å²) in [4.78, 5) is 2.47. The van der Waals surface area contributed by atoms with Crippen LogP contribution in [0.3, 0.4) is 0 Å². The van der Waals surface area contributed by atoms with Crippen LogP contribution in [0.25, 0.3) is 90.1 Å². The number of benzene rings is 9. The molecule has 12 rings (SSSR count). The number of hydrogen-bond acceptors (Lipinski definition) is 3. The van der Waals surface area contributed by atoms with Crippen molar-refractivity contribution in [2.24, 2.45) is 0 Å². The van der Waals surface area contributed by atoms with Gasteiger partial charge >= 0.3 is 0 Å². The zero-order valence-corrected chi connectivity index (χ0v) is 33.0. The minimum atomic E-state index is 1.13. The molecule has 0 N–H and O–H groups in total. The summed E-state index contributed by atoms with van der Waals surface area (Å²) in [5.74, 6) is 0. The fourth-order valence-electron chi connectivity index (χ4n) is 8.86. The van der Waals surface area contributed by atoms with Crippen LogP contribution in [0.1, 0.15) is 0 Å². The van der Waals surface area contributed by atoms with Gasteiger partial charge in [-0.2, -0.15) is 0 Å². The number of hydrogen-bond donors (Lipinski definition) is 0. The van der Waals surface area contributed by atoms with Gasteiger partial charge in [0.05, 0.1) is 21.4 Å². The maximum Gasteiger partial charge on any atom is 0.0646 e. The van der Waals surface area contributed by atoms with E-state index in [9.17, 15) is 0 Å². The van der Waals surface area contributed by atoms with Crippen molar-refractivity contribution in [1.29, 1.82) is 0 Å². The second-order valence-corrected chi connectivity index (χ2v) is 17.1. The van der Waals surface area contributed by atoms with Crippen LogP contribution >= 0.6 is 22.7 Å². The molecule has 12 aromatic rings. The highest BCUT2D eigenvalue weighted by atomic mass is 32.1. The van der Waals surface area contributed by atoms with Crippen LogP contribution in [0.15, 0.2) is 206 Å². The van der Waals surface area contributed by atoms with E-state index in [4.69, 9.17) is 0 Å². The van der Waals surface area contributed by atoms with Crippen LogP contribution in [0.4, 0.5) is 17.1 Å². The molecule has 0 saturated carbocycles. The van der Waals surface area contributed by atoms with Crippen molar-refractivity contribution in [1.82, 2.24) is 4.57 Å². The first kappa shape index (κ1) is 33.2. The van der Waals surface area contributed by atoms with E-state index in [0.717, 1.165) is 17.1 Å². The lowest BCUT2D eigenvalue weighted by Gasteiger charge is -2.27. The lowest BCUT2D eigenvalue weighted by molar-refractivity contribution is 1.18. The Bertz CT molecular complexity index is 3500. The summed E-state index contributed by atoms with van der Waals surface area (Å²) in [6, 6.07) is 75.7. The second kappa shape index (κ2) is 13.3. The number of para-hydroxylation sites is 2. The standard InChI is InChI=1S/C54H34N2S2/c1-3-13-35(14-4-1)36-23-26-40(27-24-36)56-48-20-10-7-17-42(48)45-31-37(25-29-49(45)56)38-32-47-44-19-9-12-22-52(44)58-54(47)50(33-38)55(39-15-5-2-6-16-39)41-28-30-53-46(34-41)43-18-8-11-21-51(43)57-53/h1-34H. The average molecular weight is 775 g/mol. The summed E-state index contributed by atoms with van der Waals surface area (Å²) in [5.41, 5.74) is 11.8. The summed E-state index contributed by atoms with van der Waals surface area (Å²) in [5, 5.41) is 7.64. The highest BCUT2D eigenvalue weighted by Crippen LogP contribution is 2.48. The summed E-state index contributed by atoms with van der Waals surface area (Å²) < 4.78 is 7.60. The van der Waals surface area contributed by atoms with Gasteiger partial charge in [0, 0.05) is 63.5 Å². The Balaban J connectivity index is 1.07. The largest absolute Gasteiger partial charge is 0.309 e. The fourth-order valence-corrected chi connectivity index (χ4v) is 11.1. The molecule has 0 radical (unpaired) electrons. The molecule has 4 heteroatoms. The van der Waals surface area contributed by atoms with E-state index in [-0.39, 0.29) is 0 Å². The van der Waals surface area contributed by atoms with Gasteiger partial charge in [-0.15, -0.1) is 22.7 Å². The molecule has 0 bridgehead atoms. The predicted molar refractivity (Wildman–Crippen MR) is 252 cm³/mol. The van der Waals surface area contributed by atoms with Crippen LogP contribution in [0.2, 0.25) is 0 Å². The Kier molecular flexibility index (Phi) is 7.62. The van der Waals surface area contributed by atoms with Crippen molar-refractivity contribution < 1.29 is 0 Å². The summed E-state index contributed by atoms with van der Waals surface area (Å²) in [6.07, 6.45) is 0. The van der Waals surface area contributed by atoms with E-state index in [1.807, 2.05) is 22.7 Å². The normalized spacial score (nSPS) is 11.8. The third-order valence-corrected chi connectivity index (χ3v) is 13.9. The van der Waals surface area contributed by atoms with Crippen LogP contribution in [0.5, 0.6) is 0 Å². The predicted octanol–water partition coefficient (Wildman–Crippen LogP) is 16.3. The molecule has 0 aliphatic rings. The molecule has 58 heavy (non-hydrogen) atoms. The Morgan fingerprint density at radius 3 is 1.71 bits per heavy atom. The Hall–Kier alpha value is -6.98. The molecule has 0 aliphatic heterocycles. The zero-order valence-electron chi connectivity index (χ0n) is 31.3. The summed E-state index contributed by atoms with van der Waals surface area (Å²) in [7, 11) is 0. The molecular weight excluding hydrogens is 741 g/mol. The third-order valence-electron chi connectivity index (χ3n) is 11.6. The fraction of sp³-hybridized carbons (Fsp3) is 0. The van der Waals surface area contributed by atoms with Gasteiger partial charge in [0.25, 0.3) is 0 Å². The highest BCUT2D eigenvalue weighted by molar-refractivity contribution is 7.26. The van der Waals surface area contributed by atoms with Gasteiger partial charge < -0.3 is 9.47 Å². The summed E-state index contributed by atoms with van der Waals surface area (Å²) >= 11 is 3.74. The molecule has 0 spiro atoms. The number of rotatable bonds is 6. The van der Waals surface area contributed by atoms with Crippen LogP contribution in [-0.2, 0) is 0 Å². The van der Waals surface area contributed by atoms with E-state index in [2.05, 4.69) is 216 Å².